The number of rotatable bonds is 4. The number of aryl methyl sites for hydroxylation is 2. The number of carbonyl (C=O) groups is 2. The molecule has 2 aromatic carbocycles. The van der Waals surface area contributed by atoms with E-state index >= 15 is 0 Å². The van der Waals surface area contributed by atoms with E-state index in [0.29, 0.717) is 5.56 Å². The zero-order chi connectivity index (χ0) is 17.0. The van der Waals surface area contributed by atoms with Crippen molar-refractivity contribution in [1.29, 1.82) is 0 Å². The second-order valence-electron chi connectivity index (χ2n) is 5.49. The highest BCUT2D eigenvalue weighted by molar-refractivity contribution is 9.10. The van der Waals surface area contributed by atoms with Crippen LogP contribution < -0.4 is 5.32 Å². The summed E-state index contributed by atoms with van der Waals surface area (Å²) >= 11 is 3.34. The summed E-state index contributed by atoms with van der Waals surface area (Å²) in [4.78, 5) is 26.0. The van der Waals surface area contributed by atoms with E-state index in [9.17, 15) is 9.59 Å². The number of benzene rings is 2. The van der Waals surface area contributed by atoms with Crippen molar-refractivity contribution in [3.63, 3.8) is 0 Å². The number of amides is 2. The summed E-state index contributed by atoms with van der Waals surface area (Å²) in [6.45, 7) is 3.89. The first-order valence-corrected chi connectivity index (χ1v) is 8.05. The van der Waals surface area contributed by atoms with Gasteiger partial charge in [-0.15, -0.1) is 0 Å². The van der Waals surface area contributed by atoms with E-state index in [0.717, 1.165) is 21.3 Å². The Morgan fingerprint density at radius 3 is 2.30 bits per heavy atom. The first-order chi connectivity index (χ1) is 10.9. The van der Waals surface area contributed by atoms with E-state index in [2.05, 4.69) is 21.2 Å². The quantitative estimate of drug-likeness (QED) is 0.884. The third kappa shape index (κ3) is 4.42. The van der Waals surface area contributed by atoms with Crippen LogP contribution in [0.25, 0.3) is 0 Å². The molecule has 0 bridgehead atoms. The summed E-state index contributed by atoms with van der Waals surface area (Å²) in [5.41, 5.74) is 3.35. The molecule has 4 nitrogen and oxygen atoms in total. The summed E-state index contributed by atoms with van der Waals surface area (Å²) in [7, 11) is 1.62. The summed E-state index contributed by atoms with van der Waals surface area (Å²) in [5, 5.41) is 2.89. The highest BCUT2D eigenvalue weighted by Crippen LogP contribution is 2.19. The van der Waals surface area contributed by atoms with Crippen LogP contribution in [0.1, 0.15) is 21.5 Å². The van der Waals surface area contributed by atoms with Crippen molar-refractivity contribution >= 4 is 33.4 Å². The maximum absolute atomic E-state index is 12.3. The number of carbonyl (C=O) groups excluding carboxylic acids is 2. The third-order valence-electron chi connectivity index (χ3n) is 3.54. The fraction of sp³-hybridized carbons (Fsp3) is 0.222. The van der Waals surface area contributed by atoms with Gasteiger partial charge in [0.15, 0.2) is 0 Å². The summed E-state index contributed by atoms with van der Waals surface area (Å²) < 4.78 is 0.830. The molecular formula is C18H19BrN2O2. The minimum Gasteiger partial charge on any atom is -0.332 e. The van der Waals surface area contributed by atoms with Crippen LogP contribution in [0.3, 0.4) is 0 Å². The van der Waals surface area contributed by atoms with E-state index < -0.39 is 0 Å². The molecule has 0 saturated carbocycles. The van der Waals surface area contributed by atoms with Crippen molar-refractivity contribution in [3.05, 3.63) is 63.6 Å². The maximum atomic E-state index is 12.3. The van der Waals surface area contributed by atoms with Crippen molar-refractivity contribution in [1.82, 2.24) is 4.90 Å². The smallest absolute Gasteiger partial charge is 0.254 e. The molecule has 0 aromatic heterocycles. The molecule has 0 aliphatic rings. The molecule has 0 atom stereocenters. The molecule has 0 radical (unpaired) electrons. The van der Waals surface area contributed by atoms with Gasteiger partial charge in [0.1, 0.15) is 0 Å². The van der Waals surface area contributed by atoms with Gasteiger partial charge < -0.3 is 10.2 Å². The topological polar surface area (TPSA) is 49.4 Å². The number of likely N-dealkylation sites (N-methyl/N-ethyl adjacent to an activating group) is 1. The largest absolute Gasteiger partial charge is 0.332 e. The molecule has 0 aliphatic heterocycles. The fourth-order valence-electron chi connectivity index (χ4n) is 2.32. The van der Waals surface area contributed by atoms with E-state index in [1.807, 2.05) is 38.1 Å². The van der Waals surface area contributed by atoms with Crippen LogP contribution in [0.15, 0.2) is 46.9 Å². The first kappa shape index (κ1) is 17.2. The first-order valence-electron chi connectivity index (χ1n) is 7.25. The van der Waals surface area contributed by atoms with E-state index in [-0.39, 0.29) is 18.4 Å². The van der Waals surface area contributed by atoms with Crippen molar-refractivity contribution in [3.8, 4) is 0 Å². The van der Waals surface area contributed by atoms with Gasteiger partial charge in [0.05, 0.1) is 6.54 Å². The Bertz CT molecular complexity index is 723. The van der Waals surface area contributed by atoms with Gasteiger partial charge in [0.25, 0.3) is 5.91 Å². The van der Waals surface area contributed by atoms with Crippen LogP contribution >= 0.6 is 15.9 Å². The summed E-state index contributed by atoms with van der Waals surface area (Å²) in [6.07, 6.45) is 0. The fourth-order valence-corrected chi connectivity index (χ4v) is 2.72. The van der Waals surface area contributed by atoms with Gasteiger partial charge in [-0.25, -0.2) is 0 Å². The standard InChI is InChI=1S/C18H19BrN2O2/c1-12-6-4-7-13(2)17(12)20-16(22)11-21(3)18(23)14-8-5-9-15(19)10-14/h4-10H,11H2,1-3H3,(H,20,22). The maximum Gasteiger partial charge on any atom is 0.254 e. The molecule has 120 valence electrons. The molecule has 0 aliphatic carbocycles. The molecule has 2 rings (SSSR count). The zero-order valence-electron chi connectivity index (χ0n) is 13.4. The van der Waals surface area contributed by atoms with Crippen molar-refractivity contribution in [2.75, 3.05) is 18.9 Å². The predicted molar refractivity (Wildman–Crippen MR) is 95.6 cm³/mol. The Hall–Kier alpha value is -2.14. The number of nitrogens with zero attached hydrogens (tertiary/aromatic N) is 1. The number of hydrogen-bond donors (Lipinski definition) is 1. The Labute approximate surface area is 144 Å². The molecule has 23 heavy (non-hydrogen) atoms. The highest BCUT2D eigenvalue weighted by atomic mass is 79.9. The van der Waals surface area contributed by atoms with Gasteiger partial charge in [-0.2, -0.15) is 0 Å². The van der Waals surface area contributed by atoms with Crippen LogP contribution in [0.5, 0.6) is 0 Å². The molecule has 0 spiro atoms. The van der Waals surface area contributed by atoms with Crippen LogP contribution in [0.4, 0.5) is 5.69 Å². The van der Waals surface area contributed by atoms with Crippen molar-refractivity contribution < 1.29 is 9.59 Å². The lowest BCUT2D eigenvalue weighted by molar-refractivity contribution is -0.116. The van der Waals surface area contributed by atoms with Crippen molar-refractivity contribution in [2.24, 2.45) is 0 Å². The van der Waals surface area contributed by atoms with Crippen molar-refractivity contribution in [2.45, 2.75) is 13.8 Å². The molecule has 0 saturated heterocycles. The highest BCUT2D eigenvalue weighted by Gasteiger charge is 2.16. The molecule has 2 amide bonds. The lowest BCUT2D eigenvalue weighted by Crippen LogP contribution is -2.35. The Kier molecular flexibility index (Phi) is 5.55. The second-order valence-corrected chi connectivity index (χ2v) is 6.40. The van der Waals surface area contributed by atoms with Gasteiger partial charge in [-0.05, 0) is 43.2 Å². The summed E-state index contributed by atoms with van der Waals surface area (Å²) in [5.74, 6) is -0.406. The molecule has 0 fully saturated rings. The average Bonchev–Trinajstić information content (AvgIpc) is 2.50. The van der Waals surface area contributed by atoms with E-state index in [1.165, 1.54) is 4.90 Å². The monoisotopic (exact) mass is 374 g/mol. The lowest BCUT2D eigenvalue weighted by Gasteiger charge is -2.18. The molecule has 1 N–H and O–H groups in total. The van der Waals surface area contributed by atoms with Gasteiger partial charge in [-0.3, -0.25) is 9.59 Å². The van der Waals surface area contributed by atoms with Crippen LogP contribution in [0.2, 0.25) is 0 Å². The molecule has 2 aromatic rings. The number of halogens is 1. The normalized spacial score (nSPS) is 10.3. The molecule has 5 heteroatoms. The SMILES string of the molecule is Cc1cccc(C)c1NC(=O)CN(C)C(=O)c1cccc(Br)c1. The van der Waals surface area contributed by atoms with Gasteiger partial charge in [-0.1, -0.05) is 40.2 Å². The Balaban J connectivity index is 2.04. The molecular weight excluding hydrogens is 356 g/mol. The van der Waals surface area contributed by atoms with E-state index in [4.69, 9.17) is 0 Å². The lowest BCUT2D eigenvalue weighted by atomic mass is 10.1. The average molecular weight is 375 g/mol. The Morgan fingerprint density at radius 2 is 1.70 bits per heavy atom. The zero-order valence-corrected chi connectivity index (χ0v) is 15.0. The number of nitrogens with one attached hydrogen (secondary N) is 1. The minimum absolute atomic E-state index is 0.000872. The van der Waals surface area contributed by atoms with Crippen LogP contribution in [-0.2, 0) is 4.79 Å². The Morgan fingerprint density at radius 1 is 1.09 bits per heavy atom. The second kappa shape index (κ2) is 7.42. The van der Waals surface area contributed by atoms with E-state index in [1.54, 1.807) is 25.2 Å². The van der Waals surface area contributed by atoms with Gasteiger partial charge in [0.2, 0.25) is 5.91 Å². The number of para-hydroxylation sites is 1. The predicted octanol–water partition coefficient (Wildman–Crippen LogP) is 3.78. The van der Waals surface area contributed by atoms with Gasteiger partial charge in [0, 0.05) is 22.8 Å². The number of anilines is 1. The van der Waals surface area contributed by atoms with Crippen LogP contribution in [0, 0.1) is 13.8 Å². The van der Waals surface area contributed by atoms with Gasteiger partial charge >= 0.3 is 0 Å². The summed E-state index contributed by atoms with van der Waals surface area (Å²) in [6, 6.07) is 12.9. The minimum atomic E-state index is -0.215. The molecule has 0 unspecified atom stereocenters. The third-order valence-corrected chi connectivity index (χ3v) is 4.04. The van der Waals surface area contributed by atoms with Crippen LogP contribution in [-0.4, -0.2) is 30.3 Å². The number of hydrogen-bond acceptors (Lipinski definition) is 2. The molecule has 0 heterocycles.